The summed E-state index contributed by atoms with van der Waals surface area (Å²) in [6.07, 6.45) is 1.50. The minimum atomic E-state index is -3.76. The van der Waals surface area contributed by atoms with Crippen LogP contribution in [-0.2, 0) is 17.1 Å². The molecule has 1 heterocycles. The minimum absolute atomic E-state index is 0.0333. The van der Waals surface area contributed by atoms with Crippen molar-refractivity contribution in [3.63, 3.8) is 0 Å². The molecule has 2 aromatic rings. The smallest absolute Gasteiger partial charge is 0.263 e. The maximum atomic E-state index is 12.3. The summed E-state index contributed by atoms with van der Waals surface area (Å²) >= 11 is 4.86. The van der Waals surface area contributed by atoms with E-state index in [4.69, 9.17) is 18.0 Å². The highest BCUT2D eigenvalue weighted by Crippen LogP contribution is 2.19. The van der Waals surface area contributed by atoms with E-state index in [-0.39, 0.29) is 9.88 Å². The molecular weight excluding hydrogens is 284 g/mol. The number of anilines is 1. The van der Waals surface area contributed by atoms with E-state index in [9.17, 15) is 8.42 Å². The van der Waals surface area contributed by atoms with Crippen LogP contribution >= 0.6 is 12.2 Å². The van der Waals surface area contributed by atoms with Gasteiger partial charge in [0.1, 0.15) is 10.8 Å². The summed E-state index contributed by atoms with van der Waals surface area (Å²) in [4.78, 5) is 0.0784. The summed E-state index contributed by atoms with van der Waals surface area (Å²) in [6, 6.07) is 7.87. The third kappa shape index (κ3) is 2.74. The van der Waals surface area contributed by atoms with Crippen LogP contribution in [0.4, 0.5) is 5.82 Å². The number of thiocarbonyl (C=S) groups is 1. The van der Waals surface area contributed by atoms with Gasteiger partial charge in [-0.25, -0.2) is 8.42 Å². The second-order valence-corrected chi connectivity index (χ2v) is 5.90. The lowest BCUT2D eigenvalue weighted by Crippen LogP contribution is -2.20. The average molecular weight is 296 g/mol. The summed E-state index contributed by atoms with van der Waals surface area (Å²) < 4.78 is 28.5. The van der Waals surface area contributed by atoms with Gasteiger partial charge in [0.05, 0.1) is 11.1 Å². The van der Waals surface area contributed by atoms with Crippen molar-refractivity contribution in [2.75, 3.05) is 4.72 Å². The van der Waals surface area contributed by atoms with E-state index < -0.39 is 10.0 Å². The summed E-state index contributed by atoms with van der Waals surface area (Å²) in [5.41, 5.74) is 5.85. The number of nitrogens with one attached hydrogen (secondary N) is 1. The molecule has 0 aliphatic carbocycles. The quantitative estimate of drug-likeness (QED) is 0.817. The van der Waals surface area contributed by atoms with Crippen molar-refractivity contribution in [1.29, 1.82) is 0 Å². The van der Waals surface area contributed by atoms with Crippen molar-refractivity contribution in [3.8, 4) is 0 Å². The van der Waals surface area contributed by atoms with Crippen molar-refractivity contribution in [1.82, 2.24) is 9.78 Å². The minimum Gasteiger partial charge on any atom is -0.389 e. The van der Waals surface area contributed by atoms with E-state index in [0.29, 0.717) is 11.4 Å². The van der Waals surface area contributed by atoms with Crippen LogP contribution in [-0.4, -0.2) is 23.2 Å². The standard InChI is InChI=1S/C11H12N4O2S2/c1-15-10(6-7-13-15)14-19(16,17)9-5-3-2-4-8(9)11(12)18/h2-7,14H,1H3,(H2,12,18). The van der Waals surface area contributed by atoms with E-state index in [1.165, 1.54) is 16.9 Å². The van der Waals surface area contributed by atoms with Gasteiger partial charge in [0.2, 0.25) is 0 Å². The first-order valence-corrected chi connectivity index (χ1v) is 7.20. The van der Waals surface area contributed by atoms with Crippen molar-refractivity contribution in [3.05, 3.63) is 42.1 Å². The Morgan fingerprint density at radius 1 is 1.37 bits per heavy atom. The molecule has 0 unspecified atom stereocenters. The van der Waals surface area contributed by atoms with Crippen LogP contribution < -0.4 is 10.5 Å². The molecule has 2 rings (SSSR count). The topological polar surface area (TPSA) is 90.0 Å². The lowest BCUT2D eigenvalue weighted by atomic mass is 10.2. The molecule has 0 bridgehead atoms. The van der Waals surface area contributed by atoms with Gasteiger partial charge < -0.3 is 5.73 Å². The molecule has 0 spiro atoms. The summed E-state index contributed by atoms with van der Waals surface area (Å²) in [7, 11) is -2.12. The van der Waals surface area contributed by atoms with Crippen molar-refractivity contribution < 1.29 is 8.42 Å². The number of hydrogen-bond donors (Lipinski definition) is 2. The SMILES string of the molecule is Cn1nccc1NS(=O)(=O)c1ccccc1C(N)=S. The Kier molecular flexibility index (Phi) is 3.54. The Hall–Kier alpha value is -1.93. The Morgan fingerprint density at radius 3 is 2.63 bits per heavy atom. The van der Waals surface area contributed by atoms with E-state index in [0.717, 1.165) is 0 Å². The molecule has 0 fully saturated rings. The van der Waals surface area contributed by atoms with Gasteiger partial charge in [-0.05, 0) is 6.07 Å². The lowest BCUT2D eigenvalue weighted by Gasteiger charge is -2.11. The molecule has 100 valence electrons. The maximum absolute atomic E-state index is 12.3. The Morgan fingerprint density at radius 2 is 2.05 bits per heavy atom. The van der Waals surface area contributed by atoms with Gasteiger partial charge in [0.25, 0.3) is 10.0 Å². The van der Waals surface area contributed by atoms with Crippen molar-refractivity contribution in [2.45, 2.75) is 4.90 Å². The molecule has 0 aliphatic heterocycles. The highest BCUT2D eigenvalue weighted by Gasteiger charge is 2.20. The zero-order chi connectivity index (χ0) is 14.0. The Bertz CT molecular complexity index is 722. The normalized spacial score (nSPS) is 11.2. The monoisotopic (exact) mass is 296 g/mol. The van der Waals surface area contributed by atoms with Gasteiger partial charge in [-0.3, -0.25) is 9.40 Å². The maximum Gasteiger partial charge on any atom is 0.263 e. The lowest BCUT2D eigenvalue weighted by molar-refractivity contribution is 0.600. The van der Waals surface area contributed by atoms with E-state index in [1.54, 1.807) is 31.3 Å². The van der Waals surface area contributed by atoms with Gasteiger partial charge in [-0.2, -0.15) is 5.10 Å². The van der Waals surface area contributed by atoms with Crippen LogP contribution in [0.5, 0.6) is 0 Å². The number of aryl methyl sites for hydroxylation is 1. The molecule has 3 N–H and O–H groups in total. The van der Waals surface area contributed by atoms with Crippen molar-refractivity contribution in [2.24, 2.45) is 12.8 Å². The molecule has 0 radical (unpaired) electrons. The van der Waals surface area contributed by atoms with Crippen LogP contribution in [0.2, 0.25) is 0 Å². The van der Waals surface area contributed by atoms with Crippen LogP contribution in [0.3, 0.4) is 0 Å². The van der Waals surface area contributed by atoms with E-state index in [1.807, 2.05) is 0 Å². The average Bonchev–Trinajstić information content (AvgIpc) is 2.74. The van der Waals surface area contributed by atoms with Crippen molar-refractivity contribution >= 4 is 33.0 Å². The fourth-order valence-corrected chi connectivity index (χ4v) is 3.12. The van der Waals surface area contributed by atoms with Crippen LogP contribution in [0.25, 0.3) is 0 Å². The van der Waals surface area contributed by atoms with Gasteiger partial charge >= 0.3 is 0 Å². The first kappa shape index (κ1) is 13.5. The molecule has 8 heteroatoms. The summed E-state index contributed by atoms with van der Waals surface area (Å²) in [5, 5.41) is 3.89. The second kappa shape index (κ2) is 4.98. The fourth-order valence-electron chi connectivity index (χ4n) is 1.57. The molecule has 0 amide bonds. The molecule has 1 aromatic heterocycles. The predicted octanol–water partition coefficient (Wildman–Crippen LogP) is 0.855. The molecular formula is C11H12N4O2S2. The Labute approximate surface area is 116 Å². The van der Waals surface area contributed by atoms with Gasteiger partial charge in [-0.15, -0.1) is 0 Å². The number of nitrogens with zero attached hydrogens (tertiary/aromatic N) is 2. The summed E-state index contributed by atoms with van der Waals surface area (Å²) in [5.74, 6) is 0.359. The Balaban J connectivity index is 2.46. The predicted molar refractivity (Wildman–Crippen MR) is 76.3 cm³/mol. The van der Waals surface area contributed by atoms with E-state index >= 15 is 0 Å². The number of hydrogen-bond acceptors (Lipinski definition) is 4. The molecule has 6 nitrogen and oxygen atoms in total. The van der Waals surface area contributed by atoms with Gasteiger partial charge in [0.15, 0.2) is 0 Å². The number of rotatable bonds is 4. The van der Waals surface area contributed by atoms with Gasteiger partial charge in [0, 0.05) is 18.7 Å². The highest BCUT2D eigenvalue weighted by atomic mass is 32.2. The van der Waals surface area contributed by atoms with Crippen LogP contribution in [0.1, 0.15) is 5.56 Å². The second-order valence-electron chi connectivity index (χ2n) is 3.81. The molecule has 0 saturated heterocycles. The molecule has 0 aliphatic rings. The fraction of sp³-hybridized carbons (Fsp3) is 0.0909. The van der Waals surface area contributed by atoms with Crippen LogP contribution in [0, 0.1) is 0 Å². The van der Waals surface area contributed by atoms with Crippen LogP contribution in [0.15, 0.2) is 41.4 Å². The number of aromatic nitrogens is 2. The molecule has 1 aromatic carbocycles. The zero-order valence-electron chi connectivity index (χ0n) is 10.1. The third-order valence-corrected chi connectivity index (χ3v) is 4.13. The third-order valence-electron chi connectivity index (χ3n) is 2.50. The number of benzene rings is 1. The largest absolute Gasteiger partial charge is 0.389 e. The molecule has 0 saturated carbocycles. The van der Waals surface area contributed by atoms with Gasteiger partial charge in [-0.1, -0.05) is 30.4 Å². The summed E-state index contributed by atoms with van der Waals surface area (Å²) in [6.45, 7) is 0. The first-order valence-electron chi connectivity index (χ1n) is 5.31. The number of nitrogens with two attached hydrogens (primary N) is 1. The zero-order valence-corrected chi connectivity index (χ0v) is 11.7. The van der Waals surface area contributed by atoms with E-state index in [2.05, 4.69) is 9.82 Å². The first-order chi connectivity index (χ1) is 8.92. The molecule has 19 heavy (non-hydrogen) atoms. The number of sulfonamides is 1. The molecule has 0 atom stereocenters. The highest BCUT2D eigenvalue weighted by molar-refractivity contribution is 7.93.